The fraction of sp³-hybridized carbons (Fsp3) is 0.231. The van der Waals surface area contributed by atoms with E-state index in [-0.39, 0.29) is 23.0 Å². The minimum absolute atomic E-state index is 0.0885. The number of hydrogen-bond acceptors (Lipinski definition) is 4. The first-order chi connectivity index (χ1) is 17.0. The highest BCUT2D eigenvalue weighted by Gasteiger charge is 2.32. The third-order valence-corrected chi connectivity index (χ3v) is 7.94. The lowest BCUT2D eigenvalue weighted by molar-refractivity contribution is -0.139. The van der Waals surface area contributed by atoms with Gasteiger partial charge in [0.25, 0.3) is 10.0 Å². The predicted molar refractivity (Wildman–Crippen MR) is 140 cm³/mol. The number of nitrogens with one attached hydrogen (secondary N) is 1. The number of hydrogen-bond donors (Lipinski definition) is 1. The fourth-order valence-electron chi connectivity index (χ4n) is 3.60. The van der Waals surface area contributed by atoms with E-state index >= 15 is 0 Å². The molecule has 1 N–H and O–H groups in total. The molecule has 1 unspecified atom stereocenters. The molecule has 0 heterocycles. The number of carbonyl (C=O) groups is 2. The van der Waals surface area contributed by atoms with Gasteiger partial charge in [-0.2, -0.15) is 0 Å². The fourth-order valence-corrected chi connectivity index (χ4v) is 5.46. The Hall–Kier alpha value is -3.24. The molecular weight excluding hydrogens is 549 g/mol. The monoisotopic (exact) mass is 575 g/mol. The summed E-state index contributed by atoms with van der Waals surface area (Å²) in [6, 6.07) is 17.5. The lowest BCUT2D eigenvalue weighted by Gasteiger charge is -2.31. The number of anilines is 1. The summed E-state index contributed by atoms with van der Waals surface area (Å²) in [5.74, 6) is -1.54. The number of sulfonamides is 1. The zero-order valence-electron chi connectivity index (χ0n) is 20.1. The highest BCUT2D eigenvalue weighted by Crippen LogP contribution is 2.25. The van der Waals surface area contributed by atoms with Crippen LogP contribution in [0.15, 0.2) is 82.2 Å². The van der Waals surface area contributed by atoms with E-state index in [0.717, 1.165) is 44.2 Å². The summed E-state index contributed by atoms with van der Waals surface area (Å²) in [5, 5.41) is 2.54. The largest absolute Gasteiger partial charge is 0.357 e. The molecule has 0 aliphatic heterocycles. The Kier molecular flexibility index (Phi) is 8.86. The Bertz CT molecular complexity index is 1330. The van der Waals surface area contributed by atoms with Crippen molar-refractivity contribution in [3.63, 3.8) is 0 Å². The molecular formula is C26H27BrFN3O4S. The molecule has 36 heavy (non-hydrogen) atoms. The van der Waals surface area contributed by atoms with Gasteiger partial charge in [-0.3, -0.25) is 13.9 Å². The van der Waals surface area contributed by atoms with Gasteiger partial charge in [0.15, 0.2) is 0 Å². The summed E-state index contributed by atoms with van der Waals surface area (Å²) in [6.45, 7) is 2.97. The van der Waals surface area contributed by atoms with Gasteiger partial charge in [-0.15, -0.1) is 0 Å². The van der Waals surface area contributed by atoms with Crippen LogP contribution in [0.1, 0.15) is 18.1 Å². The third-order valence-electron chi connectivity index (χ3n) is 5.66. The molecule has 0 aliphatic rings. The van der Waals surface area contributed by atoms with Crippen LogP contribution in [0.5, 0.6) is 0 Å². The van der Waals surface area contributed by atoms with Gasteiger partial charge in [-0.05, 0) is 67.9 Å². The summed E-state index contributed by atoms with van der Waals surface area (Å²) in [4.78, 5) is 27.3. The van der Waals surface area contributed by atoms with Crippen LogP contribution in [0, 0.1) is 12.7 Å². The standard InChI is InChI=1S/C26H27BrFN3O4S/c1-18-7-11-23(12-8-18)31(36(34,35)24-13-9-22(28)10-14-24)17-25(32)30(19(2)26(33)29-3)16-20-5-4-6-21(27)15-20/h4-15,19H,16-17H2,1-3H3,(H,29,33). The van der Waals surface area contributed by atoms with Crippen LogP contribution in [-0.4, -0.2) is 44.8 Å². The Labute approximate surface area is 219 Å². The van der Waals surface area contributed by atoms with Crippen molar-refractivity contribution in [2.45, 2.75) is 31.3 Å². The van der Waals surface area contributed by atoms with Crippen molar-refractivity contribution >= 4 is 43.5 Å². The number of halogens is 2. The Morgan fingerprint density at radius 3 is 2.25 bits per heavy atom. The molecule has 3 aromatic rings. The first kappa shape index (κ1) is 27.3. The highest BCUT2D eigenvalue weighted by atomic mass is 79.9. The number of nitrogens with zero attached hydrogens (tertiary/aromatic N) is 2. The summed E-state index contributed by atoms with van der Waals surface area (Å²) >= 11 is 3.41. The normalized spacial score (nSPS) is 12.0. The molecule has 190 valence electrons. The third kappa shape index (κ3) is 6.50. The van der Waals surface area contributed by atoms with E-state index in [0.29, 0.717) is 0 Å². The number of likely N-dealkylation sites (N-methyl/N-ethyl adjacent to an activating group) is 1. The number of carbonyl (C=O) groups excluding carboxylic acids is 2. The molecule has 3 rings (SSSR count). The minimum Gasteiger partial charge on any atom is -0.357 e. The number of amides is 2. The van der Waals surface area contributed by atoms with Crippen molar-refractivity contribution in [3.8, 4) is 0 Å². The van der Waals surface area contributed by atoms with Crippen molar-refractivity contribution in [2.24, 2.45) is 0 Å². The number of benzene rings is 3. The number of aryl methyl sites for hydroxylation is 1. The van der Waals surface area contributed by atoms with Gasteiger partial charge in [0.2, 0.25) is 11.8 Å². The van der Waals surface area contributed by atoms with Crippen molar-refractivity contribution in [2.75, 3.05) is 17.9 Å². The van der Waals surface area contributed by atoms with Gasteiger partial charge >= 0.3 is 0 Å². The summed E-state index contributed by atoms with van der Waals surface area (Å²) < 4.78 is 42.5. The molecule has 1 atom stereocenters. The average molecular weight is 576 g/mol. The smallest absolute Gasteiger partial charge is 0.264 e. The Balaban J connectivity index is 2.02. The van der Waals surface area contributed by atoms with Crippen molar-refractivity contribution in [1.82, 2.24) is 10.2 Å². The van der Waals surface area contributed by atoms with E-state index < -0.39 is 34.3 Å². The van der Waals surface area contributed by atoms with Crippen LogP contribution in [0.2, 0.25) is 0 Å². The van der Waals surface area contributed by atoms with Crippen LogP contribution >= 0.6 is 15.9 Å². The maximum atomic E-state index is 13.6. The minimum atomic E-state index is -4.23. The SMILES string of the molecule is CNC(=O)C(C)N(Cc1cccc(Br)c1)C(=O)CN(c1ccc(C)cc1)S(=O)(=O)c1ccc(F)cc1. The second kappa shape index (κ2) is 11.7. The van der Waals surface area contributed by atoms with Crippen LogP contribution in [0.3, 0.4) is 0 Å². The first-order valence-electron chi connectivity index (χ1n) is 11.1. The highest BCUT2D eigenvalue weighted by molar-refractivity contribution is 9.10. The van der Waals surface area contributed by atoms with Crippen LogP contribution < -0.4 is 9.62 Å². The first-order valence-corrected chi connectivity index (χ1v) is 13.4. The topological polar surface area (TPSA) is 86.8 Å². The Morgan fingerprint density at radius 1 is 1.03 bits per heavy atom. The molecule has 0 aromatic heterocycles. The van der Waals surface area contributed by atoms with Gasteiger partial charge in [-0.1, -0.05) is 45.8 Å². The molecule has 0 bridgehead atoms. The molecule has 0 fully saturated rings. The van der Waals surface area contributed by atoms with Crippen molar-refractivity contribution in [3.05, 3.63) is 94.2 Å². The van der Waals surface area contributed by atoms with E-state index in [1.165, 1.54) is 11.9 Å². The van der Waals surface area contributed by atoms with Crippen LogP contribution in [0.25, 0.3) is 0 Å². The lowest BCUT2D eigenvalue weighted by atomic mass is 10.1. The van der Waals surface area contributed by atoms with E-state index in [4.69, 9.17) is 0 Å². The predicted octanol–water partition coefficient (Wildman–Crippen LogP) is 4.26. The molecule has 0 saturated heterocycles. The molecule has 0 spiro atoms. The zero-order valence-corrected chi connectivity index (χ0v) is 22.5. The van der Waals surface area contributed by atoms with Crippen molar-refractivity contribution in [1.29, 1.82) is 0 Å². The van der Waals surface area contributed by atoms with E-state index in [9.17, 15) is 22.4 Å². The van der Waals surface area contributed by atoms with Gasteiger partial charge in [0.05, 0.1) is 10.6 Å². The molecule has 0 aliphatic carbocycles. The maximum Gasteiger partial charge on any atom is 0.264 e. The van der Waals surface area contributed by atoms with Gasteiger partial charge in [0.1, 0.15) is 18.4 Å². The average Bonchev–Trinajstić information content (AvgIpc) is 2.85. The van der Waals surface area contributed by atoms with Gasteiger partial charge in [0, 0.05) is 18.1 Å². The molecule has 7 nitrogen and oxygen atoms in total. The van der Waals surface area contributed by atoms with Crippen LogP contribution in [-0.2, 0) is 26.2 Å². The maximum absolute atomic E-state index is 13.6. The number of rotatable bonds is 9. The van der Waals surface area contributed by atoms with Gasteiger partial charge < -0.3 is 10.2 Å². The quantitative estimate of drug-likeness (QED) is 0.413. The summed E-state index contributed by atoms with van der Waals surface area (Å²) in [5.41, 5.74) is 1.94. The van der Waals surface area contributed by atoms with E-state index in [1.54, 1.807) is 31.2 Å². The summed E-state index contributed by atoms with van der Waals surface area (Å²) in [6.07, 6.45) is 0. The Morgan fingerprint density at radius 2 is 1.67 bits per heavy atom. The zero-order chi connectivity index (χ0) is 26.5. The molecule has 2 amide bonds. The molecule has 10 heteroatoms. The van der Waals surface area contributed by atoms with E-state index in [1.807, 2.05) is 31.2 Å². The molecule has 3 aromatic carbocycles. The van der Waals surface area contributed by atoms with Crippen LogP contribution in [0.4, 0.5) is 10.1 Å². The second-order valence-corrected chi connectivity index (χ2v) is 11.0. The molecule has 0 saturated carbocycles. The molecule has 0 radical (unpaired) electrons. The second-order valence-electron chi connectivity index (χ2n) is 8.24. The lowest BCUT2D eigenvalue weighted by Crippen LogP contribution is -2.50. The summed E-state index contributed by atoms with van der Waals surface area (Å²) in [7, 11) is -2.76. The van der Waals surface area contributed by atoms with Crippen molar-refractivity contribution < 1.29 is 22.4 Å². The van der Waals surface area contributed by atoms with E-state index in [2.05, 4.69) is 21.2 Å². The van der Waals surface area contributed by atoms with Gasteiger partial charge in [-0.25, -0.2) is 12.8 Å².